The maximum absolute atomic E-state index is 13.2. The van der Waals surface area contributed by atoms with Gasteiger partial charge in [-0.1, -0.05) is 31.2 Å². The van der Waals surface area contributed by atoms with Crippen LogP contribution in [0.2, 0.25) is 0 Å². The Kier molecular flexibility index (Phi) is 5.55. The molecule has 1 unspecified atom stereocenters. The minimum absolute atomic E-state index is 0.240. The summed E-state index contributed by atoms with van der Waals surface area (Å²) < 4.78 is 14.5. The minimum Gasteiger partial charge on any atom is -0.394 e. The lowest BCUT2D eigenvalue weighted by Crippen LogP contribution is -2.38. The number of allylic oxidation sites excluding steroid dienone is 3. The van der Waals surface area contributed by atoms with Crippen LogP contribution in [0.25, 0.3) is 0 Å². The zero-order valence-corrected chi connectivity index (χ0v) is 13.5. The standard InChI is InChI=1S/C19H21FN2O2/c1-4-10-21-19(8-9-19)16-7-6-11-22(18(16)24)17(13-23)15(5-2)12-14(3)20/h1,5-7,11-12,17,21,23H,2-3,8-10,13H2/b15-12+. The normalized spacial score (nSPS) is 17.0. The number of rotatable bonds is 8. The van der Waals surface area contributed by atoms with Crippen LogP contribution < -0.4 is 10.9 Å². The SMILES string of the molecule is C#CCNC1(c2cccn(C(CO)/C(C=C)=C/C(=C)F)c2=O)CC1. The van der Waals surface area contributed by atoms with Gasteiger partial charge in [-0.05, 0) is 30.6 Å². The van der Waals surface area contributed by atoms with Gasteiger partial charge in [-0.25, -0.2) is 4.39 Å². The van der Waals surface area contributed by atoms with Crippen molar-refractivity contribution in [3.05, 3.63) is 71.0 Å². The fraction of sp³-hybridized carbons (Fsp3) is 0.316. The summed E-state index contributed by atoms with van der Waals surface area (Å²) in [5.74, 6) is 1.85. The second-order valence-corrected chi connectivity index (χ2v) is 5.77. The highest BCUT2D eigenvalue weighted by Gasteiger charge is 2.45. The highest BCUT2D eigenvalue weighted by molar-refractivity contribution is 5.32. The molecule has 1 aromatic heterocycles. The number of aromatic nitrogens is 1. The third kappa shape index (κ3) is 3.56. The number of halogens is 1. The van der Waals surface area contributed by atoms with Gasteiger partial charge in [0.05, 0.1) is 19.2 Å². The van der Waals surface area contributed by atoms with Gasteiger partial charge in [-0.3, -0.25) is 10.1 Å². The maximum atomic E-state index is 13.2. The molecule has 2 rings (SSSR count). The minimum atomic E-state index is -0.731. The zero-order chi connectivity index (χ0) is 17.7. The monoisotopic (exact) mass is 328 g/mol. The lowest BCUT2D eigenvalue weighted by Gasteiger charge is -2.22. The molecule has 1 aromatic rings. The summed E-state index contributed by atoms with van der Waals surface area (Å²) in [4.78, 5) is 12.9. The van der Waals surface area contributed by atoms with Crippen LogP contribution in [0.1, 0.15) is 24.4 Å². The van der Waals surface area contributed by atoms with Crippen molar-refractivity contribution in [3.8, 4) is 12.3 Å². The first-order valence-electron chi connectivity index (χ1n) is 7.68. The van der Waals surface area contributed by atoms with Crippen molar-refractivity contribution in [2.75, 3.05) is 13.2 Å². The van der Waals surface area contributed by atoms with E-state index in [9.17, 15) is 14.3 Å². The summed E-state index contributed by atoms with van der Waals surface area (Å²) in [6, 6.07) is 2.77. The number of nitrogens with zero attached hydrogens (tertiary/aromatic N) is 1. The van der Waals surface area contributed by atoms with Crippen molar-refractivity contribution in [1.82, 2.24) is 9.88 Å². The molecule has 0 aromatic carbocycles. The number of pyridine rings is 1. The van der Waals surface area contributed by atoms with E-state index in [4.69, 9.17) is 6.42 Å². The van der Waals surface area contributed by atoms with E-state index >= 15 is 0 Å². The zero-order valence-electron chi connectivity index (χ0n) is 13.5. The lowest BCUT2D eigenvalue weighted by atomic mass is 10.0. The van der Waals surface area contributed by atoms with Crippen LogP contribution in [-0.4, -0.2) is 22.8 Å². The molecule has 24 heavy (non-hydrogen) atoms. The van der Waals surface area contributed by atoms with Gasteiger partial charge in [0.2, 0.25) is 0 Å². The first kappa shape index (κ1) is 17.9. The number of terminal acetylenes is 1. The Morgan fingerprint density at radius 1 is 1.62 bits per heavy atom. The molecule has 0 amide bonds. The van der Waals surface area contributed by atoms with Gasteiger partial charge in [0.1, 0.15) is 5.83 Å². The topological polar surface area (TPSA) is 54.3 Å². The van der Waals surface area contributed by atoms with Crippen molar-refractivity contribution < 1.29 is 9.50 Å². The number of hydrogen-bond acceptors (Lipinski definition) is 3. The van der Waals surface area contributed by atoms with Crippen LogP contribution in [0.15, 0.2) is 59.8 Å². The molecule has 0 radical (unpaired) electrons. The molecule has 0 bridgehead atoms. The summed E-state index contributed by atoms with van der Waals surface area (Å²) >= 11 is 0. The van der Waals surface area contributed by atoms with E-state index in [1.807, 2.05) is 0 Å². The first-order valence-corrected chi connectivity index (χ1v) is 7.68. The van der Waals surface area contributed by atoms with Gasteiger partial charge in [-0.15, -0.1) is 6.42 Å². The number of nitrogens with one attached hydrogen (secondary N) is 1. The van der Waals surface area contributed by atoms with Crippen molar-refractivity contribution in [3.63, 3.8) is 0 Å². The van der Waals surface area contributed by atoms with Crippen LogP contribution in [0, 0.1) is 12.3 Å². The average Bonchev–Trinajstić information content (AvgIpc) is 3.34. The second-order valence-electron chi connectivity index (χ2n) is 5.77. The Balaban J connectivity index is 2.47. The highest BCUT2D eigenvalue weighted by Crippen LogP contribution is 2.43. The second kappa shape index (κ2) is 7.43. The fourth-order valence-corrected chi connectivity index (χ4v) is 2.83. The Morgan fingerprint density at radius 3 is 2.83 bits per heavy atom. The molecule has 4 nitrogen and oxygen atoms in total. The quantitative estimate of drug-likeness (QED) is 0.568. The number of aliphatic hydroxyl groups is 1. The van der Waals surface area contributed by atoms with E-state index in [0.29, 0.717) is 17.7 Å². The predicted molar refractivity (Wildman–Crippen MR) is 93.1 cm³/mol. The van der Waals surface area contributed by atoms with Gasteiger partial charge in [-0.2, -0.15) is 0 Å². The molecule has 0 saturated heterocycles. The molecule has 2 N–H and O–H groups in total. The molecule has 1 heterocycles. The van der Waals surface area contributed by atoms with Gasteiger partial charge in [0.15, 0.2) is 0 Å². The highest BCUT2D eigenvalue weighted by atomic mass is 19.1. The van der Waals surface area contributed by atoms with Crippen molar-refractivity contribution in [2.24, 2.45) is 0 Å². The van der Waals surface area contributed by atoms with E-state index in [0.717, 1.165) is 18.9 Å². The average molecular weight is 328 g/mol. The van der Waals surface area contributed by atoms with E-state index in [-0.39, 0.29) is 12.2 Å². The maximum Gasteiger partial charge on any atom is 0.256 e. The molecular formula is C19H21FN2O2. The van der Waals surface area contributed by atoms with E-state index < -0.39 is 17.4 Å². The van der Waals surface area contributed by atoms with Crippen molar-refractivity contribution >= 4 is 0 Å². The summed E-state index contributed by atoms with van der Waals surface area (Å²) in [5, 5.41) is 12.9. The number of hydrogen-bond donors (Lipinski definition) is 2. The first-order chi connectivity index (χ1) is 11.5. The third-order valence-electron chi connectivity index (χ3n) is 4.22. The van der Waals surface area contributed by atoms with E-state index in [1.54, 1.807) is 18.3 Å². The van der Waals surface area contributed by atoms with Crippen LogP contribution >= 0.6 is 0 Å². The summed E-state index contributed by atoms with van der Waals surface area (Å²) in [5.41, 5.74) is 0.330. The lowest BCUT2D eigenvalue weighted by molar-refractivity contribution is 0.246. The molecule has 0 aliphatic heterocycles. The molecule has 1 aliphatic carbocycles. The molecule has 126 valence electrons. The van der Waals surface area contributed by atoms with Crippen molar-refractivity contribution in [2.45, 2.75) is 24.4 Å². The predicted octanol–water partition coefficient (Wildman–Crippen LogP) is 2.19. The van der Waals surface area contributed by atoms with Gasteiger partial charge >= 0.3 is 0 Å². The molecule has 0 spiro atoms. The number of aliphatic hydroxyl groups excluding tert-OH is 1. The summed E-state index contributed by atoms with van der Waals surface area (Å²) in [6.45, 7) is 6.82. The molecule has 5 heteroatoms. The van der Waals surface area contributed by atoms with Crippen LogP contribution in [-0.2, 0) is 5.54 Å². The molecule has 1 aliphatic rings. The van der Waals surface area contributed by atoms with Crippen LogP contribution in [0.5, 0.6) is 0 Å². The van der Waals surface area contributed by atoms with Gasteiger partial charge in [0.25, 0.3) is 5.56 Å². The molecule has 1 fully saturated rings. The van der Waals surface area contributed by atoms with E-state index in [1.165, 1.54) is 10.6 Å². The molecule has 1 atom stereocenters. The van der Waals surface area contributed by atoms with E-state index in [2.05, 4.69) is 24.4 Å². The fourth-order valence-electron chi connectivity index (χ4n) is 2.83. The summed E-state index contributed by atoms with van der Waals surface area (Å²) in [7, 11) is 0. The smallest absolute Gasteiger partial charge is 0.256 e. The van der Waals surface area contributed by atoms with Crippen LogP contribution in [0.3, 0.4) is 0 Å². The van der Waals surface area contributed by atoms with Crippen LogP contribution in [0.4, 0.5) is 4.39 Å². The van der Waals surface area contributed by atoms with Gasteiger partial charge in [0, 0.05) is 17.3 Å². The van der Waals surface area contributed by atoms with Crippen molar-refractivity contribution in [1.29, 1.82) is 0 Å². The Hall–Kier alpha value is -2.42. The summed E-state index contributed by atoms with van der Waals surface area (Å²) in [6.07, 6.45) is 11.1. The Labute approximate surface area is 141 Å². The van der Waals surface area contributed by atoms with Gasteiger partial charge < -0.3 is 9.67 Å². The third-order valence-corrected chi connectivity index (χ3v) is 4.22. The Morgan fingerprint density at radius 2 is 2.33 bits per heavy atom. The Bertz CT molecular complexity index is 766. The largest absolute Gasteiger partial charge is 0.394 e. The molecule has 1 saturated carbocycles. The molecular weight excluding hydrogens is 307 g/mol.